The van der Waals surface area contributed by atoms with Crippen LogP contribution in [0.25, 0.3) is 0 Å². The van der Waals surface area contributed by atoms with Gasteiger partial charge < -0.3 is 9.53 Å². The van der Waals surface area contributed by atoms with Crippen molar-refractivity contribution in [3.63, 3.8) is 0 Å². The zero-order valence-corrected chi connectivity index (χ0v) is 11.0. The molecule has 2 unspecified atom stereocenters. The van der Waals surface area contributed by atoms with Crippen LogP contribution in [0.15, 0.2) is 0 Å². The molecule has 2 nitrogen and oxygen atoms in total. The molecule has 0 aliphatic heterocycles. The highest BCUT2D eigenvalue weighted by molar-refractivity contribution is 7.39. The van der Waals surface area contributed by atoms with Gasteiger partial charge in [0.05, 0.1) is 11.9 Å². The Morgan fingerprint density at radius 3 is 2.36 bits per heavy atom. The molecule has 0 N–H and O–H groups in total. The maximum Gasteiger partial charge on any atom is 0.126 e. The maximum atomic E-state index is 10.4. The summed E-state index contributed by atoms with van der Waals surface area (Å²) in [4.78, 5) is 10.4. The van der Waals surface area contributed by atoms with Gasteiger partial charge in [-0.3, -0.25) is 0 Å². The van der Waals surface area contributed by atoms with E-state index >= 15 is 0 Å². The highest BCUT2D eigenvalue weighted by Gasteiger charge is 2.19. The van der Waals surface area contributed by atoms with E-state index in [1.165, 1.54) is 0 Å². The second-order valence-electron chi connectivity index (χ2n) is 4.78. The van der Waals surface area contributed by atoms with Crippen molar-refractivity contribution in [2.75, 3.05) is 6.35 Å². The van der Waals surface area contributed by atoms with Crippen LogP contribution in [0.4, 0.5) is 0 Å². The van der Waals surface area contributed by atoms with Crippen LogP contribution in [-0.4, -0.2) is 23.9 Å². The fraction of sp³-hybridized carbons (Fsp3) is 0.909. The Labute approximate surface area is 89.6 Å². The zero-order chi connectivity index (χ0) is 11.2. The van der Waals surface area contributed by atoms with Crippen molar-refractivity contribution in [1.82, 2.24) is 0 Å². The second kappa shape index (κ2) is 6.53. The molecule has 0 aliphatic carbocycles. The van der Waals surface area contributed by atoms with Gasteiger partial charge in [0.2, 0.25) is 0 Å². The number of carbonyl (C=O) groups is 1. The predicted molar refractivity (Wildman–Crippen MR) is 63.3 cm³/mol. The average molecular weight is 218 g/mol. The first-order valence-corrected chi connectivity index (χ1v) is 6.48. The highest BCUT2D eigenvalue weighted by atomic mass is 31.1. The molecule has 0 spiro atoms. The molecule has 0 saturated heterocycles. The minimum absolute atomic E-state index is 0.0518. The van der Waals surface area contributed by atoms with Gasteiger partial charge in [-0.2, -0.15) is 0 Å². The number of carbonyl (C=O) groups excluding carboxylic acids is 1. The molecule has 0 aromatic rings. The van der Waals surface area contributed by atoms with Crippen LogP contribution in [0.2, 0.25) is 0 Å². The SMILES string of the molecule is CC(C)CC(C)(C)OCPC(C)C=O. The smallest absolute Gasteiger partial charge is 0.126 e. The summed E-state index contributed by atoms with van der Waals surface area (Å²) in [5.41, 5.74) is 0.0916. The van der Waals surface area contributed by atoms with Gasteiger partial charge in [-0.1, -0.05) is 29.4 Å². The van der Waals surface area contributed by atoms with Gasteiger partial charge in [-0.25, -0.2) is 0 Å². The standard InChI is InChI=1S/C11H23O2P/c1-9(2)6-11(4,5)13-8-14-10(3)7-12/h7,9-10,14H,6,8H2,1-5H3. The third kappa shape index (κ3) is 7.46. The van der Waals surface area contributed by atoms with Crippen molar-refractivity contribution in [3.8, 4) is 0 Å². The van der Waals surface area contributed by atoms with Gasteiger partial charge in [0.1, 0.15) is 6.29 Å². The molecular formula is C11H23O2P. The molecule has 0 amide bonds. The Morgan fingerprint density at radius 2 is 1.93 bits per heavy atom. The summed E-state index contributed by atoms with van der Waals surface area (Å²) in [5.74, 6) is 0.650. The summed E-state index contributed by atoms with van der Waals surface area (Å²) in [5, 5.41) is 0. The number of ether oxygens (including phenoxy) is 1. The third-order valence-electron chi connectivity index (χ3n) is 1.97. The Balaban J connectivity index is 3.70. The van der Waals surface area contributed by atoms with Crippen LogP contribution in [0, 0.1) is 5.92 Å². The molecule has 0 saturated carbocycles. The fourth-order valence-electron chi connectivity index (χ4n) is 1.46. The van der Waals surface area contributed by atoms with E-state index in [1.54, 1.807) is 0 Å². The number of rotatable bonds is 7. The van der Waals surface area contributed by atoms with Crippen molar-refractivity contribution in [2.45, 2.75) is 52.3 Å². The van der Waals surface area contributed by atoms with Gasteiger partial charge in [-0.15, -0.1) is 0 Å². The summed E-state index contributed by atoms with van der Waals surface area (Å²) in [7, 11) is 0.586. The first-order chi connectivity index (χ1) is 6.37. The number of hydrogen-bond acceptors (Lipinski definition) is 2. The lowest BCUT2D eigenvalue weighted by Gasteiger charge is -2.27. The molecule has 14 heavy (non-hydrogen) atoms. The summed E-state index contributed by atoms with van der Waals surface area (Å²) in [6.45, 7) is 10.6. The summed E-state index contributed by atoms with van der Waals surface area (Å²) < 4.78 is 5.77. The summed E-state index contributed by atoms with van der Waals surface area (Å²) >= 11 is 0. The van der Waals surface area contributed by atoms with Crippen LogP contribution < -0.4 is 0 Å². The lowest BCUT2D eigenvalue weighted by atomic mass is 9.96. The van der Waals surface area contributed by atoms with Gasteiger partial charge in [0.15, 0.2) is 0 Å². The number of hydrogen-bond donors (Lipinski definition) is 0. The maximum absolute atomic E-state index is 10.4. The molecule has 0 aromatic heterocycles. The Morgan fingerprint density at radius 1 is 1.36 bits per heavy atom. The van der Waals surface area contributed by atoms with Crippen molar-refractivity contribution < 1.29 is 9.53 Å². The van der Waals surface area contributed by atoms with Gasteiger partial charge in [0, 0.05) is 5.66 Å². The van der Waals surface area contributed by atoms with Crippen molar-refractivity contribution >= 4 is 14.9 Å². The van der Waals surface area contributed by atoms with E-state index in [0.29, 0.717) is 20.8 Å². The van der Waals surface area contributed by atoms with Crippen LogP contribution in [0.5, 0.6) is 0 Å². The van der Waals surface area contributed by atoms with E-state index in [1.807, 2.05) is 6.92 Å². The molecule has 0 aliphatic rings. The molecule has 84 valence electrons. The topological polar surface area (TPSA) is 26.3 Å². The summed E-state index contributed by atoms with van der Waals surface area (Å²) in [6, 6.07) is 0. The van der Waals surface area contributed by atoms with Crippen molar-refractivity contribution in [3.05, 3.63) is 0 Å². The van der Waals surface area contributed by atoms with Crippen molar-refractivity contribution in [2.24, 2.45) is 5.92 Å². The minimum Gasteiger partial charge on any atom is -0.371 e. The van der Waals surface area contributed by atoms with Crippen LogP contribution in [0.3, 0.4) is 0 Å². The molecule has 3 heteroatoms. The lowest BCUT2D eigenvalue weighted by molar-refractivity contribution is -0.107. The fourth-order valence-corrected chi connectivity index (χ4v) is 2.29. The number of aldehydes is 1. The molecule has 0 rings (SSSR count). The van der Waals surface area contributed by atoms with E-state index < -0.39 is 0 Å². The zero-order valence-electron chi connectivity index (χ0n) is 9.96. The van der Waals surface area contributed by atoms with E-state index in [9.17, 15) is 4.79 Å². The Kier molecular flexibility index (Phi) is 6.55. The molecule has 2 atom stereocenters. The normalized spacial score (nSPS) is 15.3. The largest absolute Gasteiger partial charge is 0.371 e. The molecule has 0 radical (unpaired) electrons. The molecule has 0 aromatic carbocycles. The molecular weight excluding hydrogens is 195 g/mol. The van der Waals surface area contributed by atoms with Crippen LogP contribution in [0.1, 0.15) is 41.0 Å². The van der Waals surface area contributed by atoms with E-state index in [-0.39, 0.29) is 11.3 Å². The monoisotopic (exact) mass is 218 g/mol. The van der Waals surface area contributed by atoms with E-state index in [2.05, 4.69) is 27.7 Å². The van der Waals surface area contributed by atoms with Gasteiger partial charge >= 0.3 is 0 Å². The quantitative estimate of drug-likeness (QED) is 0.485. The third-order valence-corrected chi connectivity index (χ3v) is 3.06. The minimum atomic E-state index is -0.0518. The Bertz CT molecular complexity index is 167. The van der Waals surface area contributed by atoms with Gasteiger partial charge in [-0.05, 0) is 26.2 Å². The van der Waals surface area contributed by atoms with Crippen LogP contribution >= 0.6 is 8.58 Å². The lowest BCUT2D eigenvalue weighted by Crippen LogP contribution is -2.26. The molecule has 0 bridgehead atoms. The second-order valence-corrected chi connectivity index (χ2v) is 6.38. The van der Waals surface area contributed by atoms with E-state index in [4.69, 9.17) is 4.74 Å². The first kappa shape index (κ1) is 14.1. The van der Waals surface area contributed by atoms with Crippen molar-refractivity contribution in [1.29, 1.82) is 0 Å². The Hall–Kier alpha value is 0.0600. The molecule has 0 fully saturated rings. The van der Waals surface area contributed by atoms with Gasteiger partial charge in [0.25, 0.3) is 0 Å². The first-order valence-electron chi connectivity index (χ1n) is 5.20. The summed E-state index contributed by atoms with van der Waals surface area (Å²) in [6.07, 6.45) is 2.77. The average Bonchev–Trinajstić information content (AvgIpc) is 2.01. The van der Waals surface area contributed by atoms with E-state index in [0.717, 1.165) is 12.7 Å². The van der Waals surface area contributed by atoms with Crippen LogP contribution in [-0.2, 0) is 9.53 Å². The highest BCUT2D eigenvalue weighted by Crippen LogP contribution is 2.25. The predicted octanol–water partition coefficient (Wildman–Crippen LogP) is 3.05. The molecule has 0 heterocycles.